The van der Waals surface area contributed by atoms with E-state index in [1.807, 2.05) is 24.5 Å². The van der Waals surface area contributed by atoms with Crippen LogP contribution in [0.1, 0.15) is 19.4 Å². The first-order chi connectivity index (χ1) is 10.6. The van der Waals surface area contributed by atoms with Gasteiger partial charge in [-0.15, -0.1) is 0 Å². The van der Waals surface area contributed by atoms with E-state index in [0.717, 1.165) is 29.4 Å². The largest absolute Gasteiger partial charge is 0.347 e. The first kappa shape index (κ1) is 13.7. The maximum atomic E-state index is 12.6. The SMILES string of the molecule is CC(C)(NC(=O)C1C2CNCC21)c1cncc2ccccc12. The Labute approximate surface area is 130 Å². The highest BCUT2D eigenvalue weighted by atomic mass is 16.2. The van der Waals surface area contributed by atoms with Crippen LogP contribution < -0.4 is 10.6 Å². The van der Waals surface area contributed by atoms with Gasteiger partial charge < -0.3 is 10.6 Å². The van der Waals surface area contributed by atoms with E-state index < -0.39 is 5.54 Å². The number of benzene rings is 1. The lowest BCUT2D eigenvalue weighted by Gasteiger charge is -2.28. The van der Waals surface area contributed by atoms with Crippen molar-refractivity contribution >= 4 is 16.7 Å². The van der Waals surface area contributed by atoms with Crippen molar-refractivity contribution in [2.24, 2.45) is 17.8 Å². The normalized spacial score (nSPS) is 26.7. The molecule has 2 aromatic rings. The van der Waals surface area contributed by atoms with Crippen molar-refractivity contribution in [3.05, 3.63) is 42.2 Å². The van der Waals surface area contributed by atoms with Crippen LogP contribution in [0.2, 0.25) is 0 Å². The van der Waals surface area contributed by atoms with E-state index in [9.17, 15) is 4.79 Å². The number of fused-ring (bicyclic) bond motifs is 2. The molecule has 1 aromatic carbocycles. The van der Waals surface area contributed by atoms with Crippen LogP contribution >= 0.6 is 0 Å². The molecule has 0 spiro atoms. The summed E-state index contributed by atoms with van der Waals surface area (Å²) in [7, 11) is 0. The molecule has 2 heterocycles. The molecule has 1 amide bonds. The molecule has 4 heteroatoms. The lowest BCUT2D eigenvalue weighted by atomic mass is 9.91. The van der Waals surface area contributed by atoms with Gasteiger partial charge in [0.15, 0.2) is 0 Å². The third-order valence-corrected chi connectivity index (χ3v) is 5.17. The molecular weight excluding hydrogens is 274 g/mol. The zero-order chi connectivity index (χ0) is 15.3. The average Bonchev–Trinajstić information content (AvgIpc) is 3.00. The van der Waals surface area contributed by atoms with Crippen LogP contribution in [0.4, 0.5) is 0 Å². The van der Waals surface area contributed by atoms with E-state index in [1.165, 1.54) is 0 Å². The van der Waals surface area contributed by atoms with Crippen molar-refractivity contribution < 1.29 is 4.79 Å². The second-order valence-electron chi connectivity index (χ2n) is 7.03. The van der Waals surface area contributed by atoms with Crippen molar-refractivity contribution in [1.82, 2.24) is 15.6 Å². The zero-order valence-electron chi connectivity index (χ0n) is 13.0. The molecule has 4 nitrogen and oxygen atoms in total. The monoisotopic (exact) mass is 295 g/mol. The summed E-state index contributed by atoms with van der Waals surface area (Å²) in [6, 6.07) is 8.19. The van der Waals surface area contributed by atoms with Gasteiger partial charge in [0, 0.05) is 29.3 Å². The fraction of sp³-hybridized carbons (Fsp3) is 0.444. The molecule has 22 heavy (non-hydrogen) atoms. The van der Waals surface area contributed by atoms with Gasteiger partial charge in [-0.2, -0.15) is 0 Å². The predicted molar refractivity (Wildman–Crippen MR) is 86.3 cm³/mol. The predicted octanol–water partition coefficient (Wildman–Crippen LogP) is 2.05. The molecule has 0 radical (unpaired) electrons. The van der Waals surface area contributed by atoms with Gasteiger partial charge in [-0.25, -0.2) is 0 Å². The molecule has 2 N–H and O–H groups in total. The van der Waals surface area contributed by atoms with E-state index in [2.05, 4.69) is 41.6 Å². The molecule has 114 valence electrons. The number of carbonyl (C=O) groups is 1. The Morgan fingerprint density at radius 1 is 1.23 bits per heavy atom. The van der Waals surface area contributed by atoms with E-state index in [4.69, 9.17) is 0 Å². The van der Waals surface area contributed by atoms with Crippen molar-refractivity contribution in [2.75, 3.05) is 13.1 Å². The maximum absolute atomic E-state index is 12.6. The van der Waals surface area contributed by atoms with Crippen molar-refractivity contribution in [3.8, 4) is 0 Å². The summed E-state index contributed by atoms with van der Waals surface area (Å²) in [4.78, 5) is 16.9. The molecule has 2 unspecified atom stereocenters. The lowest BCUT2D eigenvalue weighted by Crippen LogP contribution is -2.43. The summed E-state index contributed by atoms with van der Waals surface area (Å²) in [5.41, 5.74) is 0.651. The zero-order valence-corrected chi connectivity index (χ0v) is 13.0. The van der Waals surface area contributed by atoms with Gasteiger partial charge in [-0.3, -0.25) is 9.78 Å². The van der Waals surface area contributed by atoms with Gasteiger partial charge in [0.25, 0.3) is 0 Å². The Balaban J connectivity index is 1.61. The summed E-state index contributed by atoms with van der Waals surface area (Å²) < 4.78 is 0. The van der Waals surface area contributed by atoms with E-state index in [1.54, 1.807) is 0 Å². The van der Waals surface area contributed by atoms with E-state index in [-0.39, 0.29) is 11.8 Å². The third-order valence-electron chi connectivity index (χ3n) is 5.17. The highest BCUT2D eigenvalue weighted by Crippen LogP contribution is 2.49. The van der Waals surface area contributed by atoms with Crippen LogP contribution in [0, 0.1) is 17.8 Å². The highest BCUT2D eigenvalue weighted by molar-refractivity contribution is 5.87. The summed E-state index contributed by atoms with van der Waals surface area (Å²) in [5.74, 6) is 1.47. The minimum Gasteiger partial charge on any atom is -0.347 e. The van der Waals surface area contributed by atoms with E-state index >= 15 is 0 Å². The number of carbonyl (C=O) groups excluding carboxylic acids is 1. The van der Waals surface area contributed by atoms with E-state index in [0.29, 0.717) is 11.8 Å². The number of nitrogens with zero attached hydrogens (tertiary/aromatic N) is 1. The number of hydrogen-bond acceptors (Lipinski definition) is 3. The average molecular weight is 295 g/mol. The first-order valence-electron chi connectivity index (χ1n) is 7.94. The Hall–Kier alpha value is -1.94. The van der Waals surface area contributed by atoms with Gasteiger partial charge in [0.1, 0.15) is 0 Å². The van der Waals surface area contributed by atoms with Gasteiger partial charge in [0.2, 0.25) is 5.91 Å². The topological polar surface area (TPSA) is 54.0 Å². The highest BCUT2D eigenvalue weighted by Gasteiger charge is 2.57. The lowest BCUT2D eigenvalue weighted by molar-refractivity contribution is -0.124. The first-order valence-corrected chi connectivity index (χ1v) is 7.94. The van der Waals surface area contributed by atoms with Crippen molar-refractivity contribution in [3.63, 3.8) is 0 Å². The van der Waals surface area contributed by atoms with Crippen LogP contribution in [0.25, 0.3) is 10.8 Å². The second-order valence-corrected chi connectivity index (χ2v) is 7.03. The number of aromatic nitrogens is 1. The van der Waals surface area contributed by atoms with Crippen LogP contribution in [0.3, 0.4) is 0 Å². The van der Waals surface area contributed by atoms with Gasteiger partial charge in [-0.05, 0) is 44.2 Å². The summed E-state index contributed by atoms with van der Waals surface area (Å²) in [5, 5.41) is 8.84. The number of rotatable bonds is 3. The Kier molecular flexibility index (Phi) is 2.98. The standard InChI is InChI=1S/C18H21N3O/c1-18(2,21-17(22)16-13-8-20-9-14(13)16)15-10-19-7-11-5-3-4-6-12(11)15/h3-7,10,13-14,16,20H,8-9H2,1-2H3,(H,21,22). The minimum absolute atomic E-state index is 0.189. The smallest absolute Gasteiger partial charge is 0.224 e. The number of hydrogen-bond donors (Lipinski definition) is 2. The van der Waals surface area contributed by atoms with Gasteiger partial charge in [0.05, 0.1) is 5.54 Å². The molecule has 1 aromatic heterocycles. The molecule has 2 atom stereocenters. The fourth-order valence-corrected chi connectivity index (χ4v) is 3.88. The summed E-state index contributed by atoms with van der Waals surface area (Å²) in [6.07, 6.45) is 3.74. The maximum Gasteiger partial charge on any atom is 0.224 e. The Morgan fingerprint density at radius 2 is 1.95 bits per heavy atom. The third kappa shape index (κ3) is 2.10. The Bertz CT molecular complexity index is 725. The Morgan fingerprint density at radius 3 is 2.73 bits per heavy atom. The molecule has 0 bridgehead atoms. The van der Waals surface area contributed by atoms with Gasteiger partial charge in [-0.1, -0.05) is 24.3 Å². The molecule has 4 rings (SSSR count). The quantitative estimate of drug-likeness (QED) is 0.911. The number of piperidine rings is 1. The second kappa shape index (κ2) is 4.78. The molecule has 1 saturated carbocycles. The molecule has 1 aliphatic carbocycles. The minimum atomic E-state index is -0.421. The summed E-state index contributed by atoms with van der Waals surface area (Å²) >= 11 is 0. The van der Waals surface area contributed by atoms with Crippen LogP contribution in [0.15, 0.2) is 36.7 Å². The van der Waals surface area contributed by atoms with Crippen LogP contribution in [-0.2, 0) is 10.3 Å². The van der Waals surface area contributed by atoms with Gasteiger partial charge >= 0.3 is 0 Å². The number of amides is 1. The fourth-order valence-electron chi connectivity index (χ4n) is 3.88. The van der Waals surface area contributed by atoms with Crippen molar-refractivity contribution in [1.29, 1.82) is 0 Å². The van der Waals surface area contributed by atoms with Crippen molar-refractivity contribution in [2.45, 2.75) is 19.4 Å². The summed E-state index contributed by atoms with van der Waals surface area (Å²) in [6.45, 7) is 6.09. The van der Waals surface area contributed by atoms with Crippen LogP contribution in [0.5, 0.6) is 0 Å². The molecular formula is C18H21N3O. The molecule has 2 fully saturated rings. The molecule has 2 aliphatic rings. The number of nitrogens with one attached hydrogen (secondary N) is 2. The van der Waals surface area contributed by atoms with Crippen LogP contribution in [-0.4, -0.2) is 24.0 Å². The number of pyridine rings is 1. The molecule has 1 saturated heterocycles. The molecule has 1 aliphatic heterocycles.